The number of benzene rings is 2. The van der Waals surface area contributed by atoms with Gasteiger partial charge < -0.3 is 26.0 Å². The quantitative estimate of drug-likeness (QED) is 0.266. The molecule has 0 spiro atoms. The highest BCUT2D eigenvalue weighted by molar-refractivity contribution is 6.31. The first-order chi connectivity index (χ1) is 17.3. The van der Waals surface area contributed by atoms with Gasteiger partial charge in [-0.05, 0) is 60.4 Å². The van der Waals surface area contributed by atoms with Gasteiger partial charge in [-0.3, -0.25) is 9.59 Å². The Bertz CT molecular complexity index is 1600. The summed E-state index contributed by atoms with van der Waals surface area (Å²) < 4.78 is 0. The summed E-state index contributed by atoms with van der Waals surface area (Å²) in [6.45, 7) is 2.89. The maximum absolute atomic E-state index is 14.0. The fraction of sp³-hybridized carbons (Fsp3) is 0.310. The van der Waals surface area contributed by atoms with Crippen molar-refractivity contribution in [2.75, 3.05) is 5.32 Å². The molecule has 0 amide bonds. The first-order valence-corrected chi connectivity index (χ1v) is 12.0. The maximum Gasteiger partial charge on any atom is 0.198 e. The number of allylic oxidation sites excluding steroid dienone is 2. The van der Waals surface area contributed by atoms with E-state index in [2.05, 4.69) is 34.3 Å². The summed E-state index contributed by atoms with van der Waals surface area (Å²) in [5.74, 6) is 10.6. The lowest BCUT2D eigenvalue weighted by atomic mass is 9.69. The van der Waals surface area contributed by atoms with Gasteiger partial charge in [0.1, 0.15) is 11.9 Å². The molecule has 178 valence electrons. The molecule has 5 atom stereocenters. The topological polar surface area (TPSA) is 119 Å². The highest BCUT2D eigenvalue weighted by Crippen LogP contribution is 2.74. The van der Waals surface area contributed by atoms with Crippen LogP contribution in [0.1, 0.15) is 61.9 Å². The lowest BCUT2D eigenvalue weighted by molar-refractivity contribution is 0.0603. The van der Waals surface area contributed by atoms with Gasteiger partial charge in [0.25, 0.3) is 0 Å². The average molecular weight is 479 g/mol. The fourth-order valence-corrected chi connectivity index (χ4v) is 6.91. The third kappa shape index (κ3) is 2.36. The van der Waals surface area contributed by atoms with Crippen LogP contribution in [0.5, 0.6) is 5.75 Å². The molecule has 0 aromatic heterocycles. The Labute approximate surface area is 207 Å². The molecular weight excluding hydrogens is 456 g/mol. The average Bonchev–Trinajstić information content (AvgIpc) is 3.41. The lowest BCUT2D eigenvalue weighted by Gasteiger charge is -2.42. The first kappa shape index (κ1) is 21.4. The van der Waals surface area contributed by atoms with Crippen molar-refractivity contribution in [2.45, 2.75) is 50.1 Å². The summed E-state index contributed by atoms with van der Waals surface area (Å²) in [7, 11) is 0. The Kier molecular flexibility index (Phi) is 4.08. The van der Waals surface area contributed by atoms with Crippen molar-refractivity contribution < 1.29 is 24.9 Å². The summed E-state index contributed by atoms with van der Waals surface area (Å²) >= 11 is 0. The van der Waals surface area contributed by atoms with E-state index >= 15 is 0 Å². The summed E-state index contributed by atoms with van der Waals surface area (Å²) in [5, 5.41) is 40.0. The lowest BCUT2D eigenvalue weighted by Crippen LogP contribution is -2.50. The predicted molar refractivity (Wildman–Crippen MR) is 130 cm³/mol. The minimum Gasteiger partial charge on any atom is -0.507 e. The molecule has 0 saturated heterocycles. The molecule has 2 heterocycles. The molecule has 0 radical (unpaired) electrons. The van der Waals surface area contributed by atoms with Crippen molar-refractivity contribution in [2.24, 2.45) is 5.41 Å². The molecule has 7 nitrogen and oxygen atoms in total. The van der Waals surface area contributed by atoms with Crippen molar-refractivity contribution >= 4 is 17.3 Å². The normalized spacial score (nSPS) is 30.6. The van der Waals surface area contributed by atoms with Crippen LogP contribution < -0.4 is 10.6 Å². The number of hydrogen-bond acceptors (Lipinski definition) is 7. The number of ketones is 2. The Morgan fingerprint density at radius 3 is 2.31 bits per heavy atom. The van der Waals surface area contributed by atoms with E-state index in [0.29, 0.717) is 36.3 Å². The van der Waals surface area contributed by atoms with Gasteiger partial charge in [0, 0.05) is 35.0 Å². The van der Waals surface area contributed by atoms with E-state index in [1.54, 1.807) is 31.2 Å². The number of carbonyl (C=O) groups excluding carboxylic acids is 2. The van der Waals surface area contributed by atoms with Gasteiger partial charge in [0.05, 0.1) is 29.0 Å². The number of fused-ring (bicyclic) bond motifs is 5. The van der Waals surface area contributed by atoms with Crippen molar-refractivity contribution in [3.63, 3.8) is 0 Å². The van der Waals surface area contributed by atoms with Crippen LogP contribution in [0.4, 0.5) is 5.69 Å². The molecule has 2 bridgehead atoms. The summed E-state index contributed by atoms with van der Waals surface area (Å²) in [6.07, 6.45) is 1.42. The second kappa shape index (κ2) is 6.87. The second-order valence-electron chi connectivity index (χ2n) is 10.3. The molecular formula is C29H22N2O5. The number of aliphatic hydroxyl groups is 2. The van der Waals surface area contributed by atoms with E-state index in [1.807, 2.05) is 0 Å². The van der Waals surface area contributed by atoms with Gasteiger partial charge in [-0.15, -0.1) is 0 Å². The minimum atomic E-state index is -1.19. The zero-order valence-electron chi connectivity index (χ0n) is 19.4. The van der Waals surface area contributed by atoms with Crippen molar-refractivity contribution in [3.8, 4) is 29.4 Å². The first-order valence-electron chi connectivity index (χ1n) is 12.0. The number of carbonyl (C=O) groups is 2. The highest BCUT2D eigenvalue weighted by Gasteiger charge is 2.79. The number of aromatic hydroxyl groups is 1. The smallest absolute Gasteiger partial charge is 0.198 e. The van der Waals surface area contributed by atoms with E-state index in [0.717, 1.165) is 11.1 Å². The van der Waals surface area contributed by atoms with Crippen LogP contribution in [0.2, 0.25) is 0 Å². The Balaban J connectivity index is 1.52. The Morgan fingerprint density at radius 1 is 1.00 bits per heavy atom. The van der Waals surface area contributed by atoms with Gasteiger partial charge in [-0.2, -0.15) is 0 Å². The molecule has 2 aromatic rings. The van der Waals surface area contributed by atoms with E-state index in [9.17, 15) is 24.9 Å². The maximum atomic E-state index is 14.0. The van der Waals surface area contributed by atoms with E-state index in [-0.39, 0.29) is 28.2 Å². The molecule has 1 saturated carbocycles. The number of phenolic OH excluding ortho intramolecular Hbond substituents is 1. The van der Waals surface area contributed by atoms with Crippen molar-refractivity contribution in [3.05, 3.63) is 69.3 Å². The monoisotopic (exact) mass is 478 g/mol. The number of rotatable bonds is 1. The van der Waals surface area contributed by atoms with Crippen LogP contribution in [0, 0.1) is 29.1 Å². The third-order valence-electron chi connectivity index (χ3n) is 8.69. The van der Waals surface area contributed by atoms with Gasteiger partial charge in [0.2, 0.25) is 0 Å². The van der Waals surface area contributed by atoms with Crippen LogP contribution in [-0.4, -0.2) is 45.1 Å². The van der Waals surface area contributed by atoms with Crippen molar-refractivity contribution in [1.29, 1.82) is 0 Å². The van der Waals surface area contributed by atoms with E-state index in [4.69, 9.17) is 0 Å². The molecule has 5 N–H and O–H groups in total. The van der Waals surface area contributed by atoms with E-state index < -0.39 is 34.9 Å². The summed E-state index contributed by atoms with van der Waals surface area (Å²) in [4.78, 5) is 27.6. The number of aliphatic hydroxyl groups excluding tert-OH is 2. The van der Waals surface area contributed by atoms with Gasteiger partial charge in [0.15, 0.2) is 11.6 Å². The predicted octanol–water partition coefficient (Wildman–Crippen LogP) is 1.51. The fourth-order valence-electron chi connectivity index (χ4n) is 6.91. The molecule has 7 rings (SSSR count). The molecule has 5 unspecified atom stereocenters. The summed E-state index contributed by atoms with van der Waals surface area (Å²) in [5.41, 5.74) is 1.41. The molecule has 7 heteroatoms. The van der Waals surface area contributed by atoms with Crippen molar-refractivity contribution in [1.82, 2.24) is 5.32 Å². The van der Waals surface area contributed by atoms with E-state index in [1.165, 1.54) is 6.07 Å². The van der Waals surface area contributed by atoms with Crippen LogP contribution in [0.3, 0.4) is 0 Å². The largest absolute Gasteiger partial charge is 0.507 e. The Hall–Kier alpha value is -3.88. The van der Waals surface area contributed by atoms with Crippen LogP contribution >= 0.6 is 0 Å². The Morgan fingerprint density at radius 2 is 1.64 bits per heavy atom. The van der Waals surface area contributed by atoms with Crippen LogP contribution in [0.25, 0.3) is 0 Å². The van der Waals surface area contributed by atoms with Crippen LogP contribution in [-0.2, 0) is 18.5 Å². The third-order valence-corrected chi connectivity index (χ3v) is 8.69. The zero-order valence-corrected chi connectivity index (χ0v) is 19.4. The molecule has 36 heavy (non-hydrogen) atoms. The number of hydrogen-bond donors (Lipinski definition) is 5. The van der Waals surface area contributed by atoms with Gasteiger partial charge in [-0.25, -0.2) is 0 Å². The molecule has 3 aliphatic carbocycles. The standard InChI is InChI=1S/C29H22N2O5/c1-14(32)28-13-29(28)19-10-20(33)23-24(25(19)31-21(28)6-4-2-3-5-7-22(29)34)27(36)18-9-16-12-30-11-15(16)8-17(18)26(23)35/h2-3,8-10,14,21-22,30-34H,11-13H2,1H3. The molecule has 2 aliphatic heterocycles. The molecule has 2 aromatic carbocycles. The molecule has 5 aliphatic rings. The zero-order chi connectivity index (χ0) is 25.0. The SMILES string of the molecule is CC(O)C12CC13c1cc(O)c4c(c1NC2C#CC=CC#CC3O)C(=O)c1cc2c(cc1C4=O)CNC2. The molecule has 1 fully saturated rings. The minimum absolute atomic E-state index is 0.0516. The summed E-state index contributed by atoms with van der Waals surface area (Å²) in [6, 6.07) is 4.34. The second-order valence-corrected chi connectivity index (χ2v) is 10.3. The highest BCUT2D eigenvalue weighted by atomic mass is 16.3. The number of phenols is 1. The van der Waals surface area contributed by atoms with Gasteiger partial charge >= 0.3 is 0 Å². The number of anilines is 1. The van der Waals surface area contributed by atoms with Crippen LogP contribution in [0.15, 0.2) is 30.4 Å². The van der Waals surface area contributed by atoms with Gasteiger partial charge in [-0.1, -0.05) is 23.7 Å². The number of nitrogens with one attached hydrogen (secondary N) is 2.